The summed E-state index contributed by atoms with van der Waals surface area (Å²) >= 11 is 3.43. The predicted molar refractivity (Wildman–Crippen MR) is 121 cm³/mol. The lowest BCUT2D eigenvalue weighted by Gasteiger charge is -2.27. The van der Waals surface area contributed by atoms with E-state index in [9.17, 15) is 14.4 Å². The number of hydrogen-bond acceptors (Lipinski definition) is 4. The molecule has 0 fully saturated rings. The van der Waals surface area contributed by atoms with Crippen LogP contribution in [-0.4, -0.2) is 42.8 Å². The van der Waals surface area contributed by atoms with Crippen LogP contribution >= 0.6 is 15.9 Å². The lowest BCUT2D eigenvalue weighted by atomic mass is 10.1. The van der Waals surface area contributed by atoms with E-state index in [-0.39, 0.29) is 30.8 Å². The molecule has 3 aromatic rings. The molecule has 0 atom stereocenters. The Labute approximate surface area is 188 Å². The summed E-state index contributed by atoms with van der Waals surface area (Å²) in [5.74, 6) is -0.457. The zero-order valence-electron chi connectivity index (χ0n) is 16.7. The number of fused-ring (bicyclic) bond motifs is 1. The first-order chi connectivity index (χ1) is 15.0. The lowest BCUT2D eigenvalue weighted by Crippen LogP contribution is -2.41. The van der Waals surface area contributed by atoms with Crippen molar-refractivity contribution >= 4 is 39.3 Å². The molecule has 0 spiro atoms. The van der Waals surface area contributed by atoms with Gasteiger partial charge in [-0.3, -0.25) is 19.3 Å². The fraction of sp³-hybridized carbons (Fsp3) is 0.125. The van der Waals surface area contributed by atoms with Crippen LogP contribution in [0.2, 0.25) is 0 Å². The first-order valence-corrected chi connectivity index (χ1v) is 10.5. The second-order valence-electron chi connectivity index (χ2n) is 6.92. The highest BCUT2D eigenvalue weighted by atomic mass is 79.9. The van der Waals surface area contributed by atoms with Crippen LogP contribution in [0.3, 0.4) is 0 Å². The van der Waals surface area contributed by atoms with Crippen molar-refractivity contribution in [2.45, 2.75) is 0 Å². The van der Waals surface area contributed by atoms with Crippen LogP contribution in [0.4, 0.5) is 5.69 Å². The van der Waals surface area contributed by atoms with Gasteiger partial charge in [-0.1, -0.05) is 36.4 Å². The molecule has 6 nitrogen and oxygen atoms in total. The first-order valence-electron chi connectivity index (χ1n) is 9.67. The number of imide groups is 1. The van der Waals surface area contributed by atoms with E-state index in [2.05, 4.69) is 15.9 Å². The monoisotopic (exact) mass is 478 g/mol. The molecule has 0 saturated carbocycles. The summed E-state index contributed by atoms with van der Waals surface area (Å²) in [5.41, 5.74) is 1.79. The van der Waals surface area contributed by atoms with Gasteiger partial charge in [0.2, 0.25) is 0 Å². The molecule has 7 heteroatoms. The quantitative estimate of drug-likeness (QED) is 0.492. The smallest absolute Gasteiger partial charge is 0.261 e. The number of methoxy groups -OCH3 is 1. The van der Waals surface area contributed by atoms with Crippen LogP contribution in [0.15, 0.2) is 77.3 Å². The zero-order valence-corrected chi connectivity index (χ0v) is 18.3. The minimum atomic E-state index is -0.353. The van der Waals surface area contributed by atoms with E-state index >= 15 is 0 Å². The number of nitrogens with zero attached hydrogens (tertiary/aromatic N) is 2. The summed E-state index contributed by atoms with van der Waals surface area (Å²) in [6.07, 6.45) is 0. The normalized spacial score (nSPS) is 12.6. The molecule has 0 unspecified atom stereocenters. The molecular formula is C24H19BrN2O4. The third kappa shape index (κ3) is 3.84. The van der Waals surface area contributed by atoms with Gasteiger partial charge in [0, 0.05) is 17.6 Å². The maximum Gasteiger partial charge on any atom is 0.261 e. The number of rotatable bonds is 6. The summed E-state index contributed by atoms with van der Waals surface area (Å²) in [6, 6.07) is 21.0. The van der Waals surface area contributed by atoms with Crippen molar-refractivity contribution in [1.82, 2.24) is 4.90 Å². The Morgan fingerprint density at radius 3 is 2.13 bits per heavy atom. The zero-order chi connectivity index (χ0) is 22.0. The number of benzene rings is 3. The highest BCUT2D eigenvalue weighted by Crippen LogP contribution is 2.31. The highest BCUT2D eigenvalue weighted by molar-refractivity contribution is 9.10. The van der Waals surface area contributed by atoms with Crippen molar-refractivity contribution in [3.63, 3.8) is 0 Å². The molecule has 0 bridgehead atoms. The molecule has 1 heterocycles. The third-order valence-electron chi connectivity index (χ3n) is 5.15. The van der Waals surface area contributed by atoms with E-state index in [1.807, 2.05) is 12.1 Å². The molecule has 156 valence electrons. The van der Waals surface area contributed by atoms with Gasteiger partial charge < -0.3 is 9.64 Å². The Balaban J connectivity index is 1.66. The fourth-order valence-corrected chi connectivity index (χ4v) is 4.06. The Bertz CT molecular complexity index is 1140. The molecular weight excluding hydrogens is 460 g/mol. The van der Waals surface area contributed by atoms with Crippen LogP contribution in [0.1, 0.15) is 31.1 Å². The number of carbonyl (C=O) groups is 3. The van der Waals surface area contributed by atoms with Gasteiger partial charge in [0.25, 0.3) is 17.7 Å². The van der Waals surface area contributed by atoms with E-state index in [0.717, 1.165) is 0 Å². The maximum atomic E-state index is 13.5. The second kappa shape index (κ2) is 8.73. The van der Waals surface area contributed by atoms with Gasteiger partial charge in [0.05, 0.1) is 29.5 Å². The van der Waals surface area contributed by atoms with E-state index in [1.165, 1.54) is 16.9 Å². The fourth-order valence-electron chi connectivity index (χ4n) is 3.61. The Morgan fingerprint density at radius 1 is 0.903 bits per heavy atom. The van der Waals surface area contributed by atoms with Crippen molar-refractivity contribution in [2.75, 3.05) is 25.1 Å². The average molecular weight is 479 g/mol. The minimum Gasteiger partial charge on any atom is -0.495 e. The average Bonchev–Trinajstić information content (AvgIpc) is 3.04. The molecule has 1 aliphatic rings. The van der Waals surface area contributed by atoms with Crippen LogP contribution in [0.25, 0.3) is 0 Å². The van der Waals surface area contributed by atoms with Crippen molar-refractivity contribution < 1.29 is 19.1 Å². The molecule has 1 aliphatic heterocycles. The van der Waals surface area contributed by atoms with Gasteiger partial charge in [-0.05, 0) is 52.3 Å². The van der Waals surface area contributed by atoms with E-state index < -0.39 is 0 Å². The molecule has 4 rings (SSSR count). The number of hydrogen-bond donors (Lipinski definition) is 0. The third-order valence-corrected chi connectivity index (χ3v) is 5.84. The summed E-state index contributed by atoms with van der Waals surface area (Å²) in [7, 11) is 1.53. The molecule has 0 saturated heterocycles. The summed E-state index contributed by atoms with van der Waals surface area (Å²) in [6.45, 7) is 0.173. The molecule has 0 radical (unpaired) electrons. The highest BCUT2D eigenvalue weighted by Gasteiger charge is 2.35. The van der Waals surface area contributed by atoms with Gasteiger partial charge in [-0.2, -0.15) is 0 Å². The molecule has 3 amide bonds. The first kappa shape index (κ1) is 20.8. The molecule has 31 heavy (non-hydrogen) atoms. The number of para-hydroxylation sites is 2. The Hall–Kier alpha value is -3.45. The number of halogens is 1. The van der Waals surface area contributed by atoms with Gasteiger partial charge in [0.1, 0.15) is 5.75 Å². The number of ether oxygens (including phenoxy) is 1. The predicted octanol–water partition coefficient (Wildman–Crippen LogP) is 4.40. The summed E-state index contributed by atoms with van der Waals surface area (Å²) in [4.78, 5) is 41.7. The number of anilines is 1. The van der Waals surface area contributed by atoms with Gasteiger partial charge >= 0.3 is 0 Å². The van der Waals surface area contributed by atoms with Crippen molar-refractivity contribution in [3.05, 3.63) is 94.0 Å². The molecule has 0 aliphatic carbocycles. The van der Waals surface area contributed by atoms with Gasteiger partial charge in [-0.15, -0.1) is 0 Å². The molecule has 3 aromatic carbocycles. The maximum absolute atomic E-state index is 13.5. The minimum absolute atomic E-state index is 0.0561. The molecule has 0 aromatic heterocycles. The van der Waals surface area contributed by atoms with Gasteiger partial charge in [-0.25, -0.2) is 0 Å². The second-order valence-corrected chi connectivity index (χ2v) is 7.77. The topological polar surface area (TPSA) is 66.9 Å². The van der Waals surface area contributed by atoms with Gasteiger partial charge in [0.15, 0.2) is 0 Å². The van der Waals surface area contributed by atoms with Crippen molar-refractivity contribution in [3.8, 4) is 5.75 Å². The largest absolute Gasteiger partial charge is 0.495 e. The van der Waals surface area contributed by atoms with Crippen molar-refractivity contribution in [1.29, 1.82) is 0 Å². The van der Waals surface area contributed by atoms with E-state index in [0.29, 0.717) is 32.6 Å². The van der Waals surface area contributed by atoms with Crippen LogP contribution < -0.4 is 9.64 Å². The van der Waals surface area contributed by atoms with Crippen LogP contribution in [0.5, 0.6) is 5.75 Å². The van der Waals surface area contributed by atoms with E-state index in [4.69, 9.17) is 4.74 Å². The van der Waals surface area contributed by atoms with E-state index in [1.54, 1.807) is 60.7 Å². The molecule has 0 N–H and O–H groups in total. The standard InChI is InChI=1S/C24H19BrN2O4/c1-31-21-13-7-6-12-20(21)26(24(30)18-10-4-5-11-19(18)25)14-15-27-22(28)16-8-2-3-9-17(16)23(27)29/h2-13H,14-15H2,1H3. The van der Waals surface area contributed by atoms with Crippen LogP contribution in [0, 0.1) is 0 Å². The van der Waals surface area contributed by atoms with Crippen LogP contribution in [-0.2, 0) is 0 Å². The summed E-state index contributed by atoms with van der Waals surface area (Å²) in [5, 5.41) is 0. The summed E-state index contributed by atoms with van der Waals surface area (Å²) < 4.78 is 6.11. The lowest BCUT2D eigenvalue weighted by molar-refractivity contribution is 0.0654. The number of carbonyl (C=O) groups excluding carboxylic acids is 3. The van der Waals surface area contributed by atoms with Crippen molar-refractivity contribution in [2.24, 2.45) is 0 Å². The number of amides is 3. The Morgan fingerprint density at radius 2 is 1.48 bits per heavy atom. The Kier molecular flexibility index (Phi) is 5.86. The SMILES string of the molecule is COc1ccccc1N(CCN1C(=O)c2ccccc2C1=O)C(=O)c1ccccc1Br.